The zero-order valence-electron chi connectivity index (χ0n) is 18.3. The molecule has 0 saturated carbocycles. The number of amides is 2. The number of carbonyl (C=O) groups excluding carboxylic acids is 2. The van der Waals surface area contributed by atoms with Crippen LogP contribution in [0, 0.1) is 5.82 Å². The van der Waals surface area contributed by atoms with E-state index in [-0.39, 0.29) is 24.2 Å². The summed E-state index contributed by atoms with van der Waals surface area (Å²) in [5, 5.41) is 0. The lowest BCUT2D eigenvalue weighted by atomic mass is 9.97. The van der Waals surface area contributed by atoms with Crippen molar-refractivity contribution in [3.05, 3.63) is 107 Å². The summed E-state index contributed by atoms with van der Waals surface area (Å²) in [6.45, 7) is 1.26. The first-order chi connectivity index (χ1) is 16.1. The molecule has 3 aromatic carbocycles. The van der Waals surface area contributed by atoms with Gasteiger partial charge in [0.25, 0.3) is 11.8 Å². The van der Waals surface area contributed by atoms with Gasteiger partial charge in [0.1, 0.15) is 17.3 Å². The van der Waals surface area contributed by atoms with Crippen LogP contribution in [-0.2, 0) is 29.1 Å². The molecule has 0 unspecified atom stereocenters. The Kier molecular flexibility index (Phi) is 5.42. The molecule has 0 atom stereocenters. The van der Waals surface area contributed by atoms with Crippen molar-refractivity contribution in [2.75, 3.05) is 13.7 Å². The summed E-state index contributed by atoms with van der Waals surface area (Å²) in [5.74, 6) is -0.544. The number of hydrogen-bond acceptors (Lipinski definition) is 4. The maximum absolute atomic E-state index is 13.7. The summed E-state index contributed by atoms with van der Waals surface area (Å²) >= 11 is 0. The third-order valence-electron chi connectivity index (χ3n) is 6.22. The van der Waals surface area contributed by atoms with E-state index in [9.17, 15) is 14.0 Å². The summed E-state index contributed by atoms with van der Waals surface area (Å²) in [6, 6.07) is 21.3. The Labute approximate surface area is 191 Å². The maximum atomic E-state index is 13.7. The molecular formula is C27H23FN2O3. The Hall–Kier alpha value is -3.93. The Morgan fingerprint density at radius 2 is 1.58 bits per heavy atom. The molecule has 0 fully saturated rings. The monoisotopic (exact) mass is 442 g/mol. The molecule has 0 spiro atoms. The minimum Gasteiger partial charge on any atom is -0.496 e. The van der Waals surface area contributed by atoms with Crippen molar-refractivity contribution in [1.29, 1.82) is 0 Å². The van der Waals surface area contributed by atoms with Gasteiger partial charge in [-0.1, -0.05) is 54.6 Å². The predicted molar refractivity (Wildman–Crippen MR) is 122 cm³/mol. The normalized spacial score (nSPS) is 15.8. The fourth-order valence-corrected chi connectivity index (χ4v) is 4.55. The summed E-state index contributed by atoms with van der Waals surface area (Å²) in [6.07, 6.45) is 0.790. The first kappa shape index (κ1) is 20.9. The Morgan fingerprint density at radius 3 is 2.33 bits per heavy atom. The second-order valence-electron chi connectivity index (χ2n) is 8.19. The zero-order chi connectivity index (χ0) is 22.9. The van der Waals surface area contributed by atoms with Crippen molar-refractivity contribution >= 4 is 17.4 Å². The van der Waals surface area contributed by atoms with Crippen LogP contribution in [0.2, 0.25) is 0 Å². The minimum absolute atomic E-state index is 0.0739. The molecule has 0 radical (unpaired) electrons. The number of methoxy groups -OCH3 is 1. The lowest BCUT2D eigenvalue weighted by Crippen LogP contribution is -2.37. The van der Waals surface area contributed by atoms with Crippen LogP contribution >= 0.6 is 0 Å². The molecule has 0 saturated heterocycles. The topological polar surface area (TPSA) is 49.9 Å². The van der Waals surface area contributed by atoms with E-state index < -0.39 is 0 Å². The van der Waals surface area contributed by atoms with Crippen LogP contribution in [0.5, 0.6) is 5.75 Å². The van der Waals surface area contributed by atoms with Crippen molar-refractivity contribution in [1.82, 2.24) is 9.80 Å². The highest BCUT2D eigenvalue weighted by atomic mass is 19.1. The highest BCUT2D eigenvalue weighted by molar-refractivity contribution is 6.35. The summed E-state index contributed by atoms with van der Waals surface area (Å²) in [4.78, 5) is 30.6. The quantitative estimate of drug-likeness (QED) is 0.557. The van der Waals surface area contributed by atoms with Crippen molar-refractivity contribution in [3.63, 3.8) is 0 Å². The fourth-order valence-electron chi connectivity index (χ4n) is 4.55. The van der Waals surface area contributed by atoms with Crippen LogP contribution in [0.15, 0.2) is 78.5 Å². The van der Waals surface area contributed by atoms with E-state index in [0.29, 0.717) is 41.2 Å². The number of nitrogens with zero attached hydrogens (tertiary/aromatic N) is 2. The molecule has 5 rings (SSSR count). The predicted octanol–water partition coefficient (Wildman–Crippen LogP) is 4.17. The number of ether oxygens (including phenoxy) is 1. The molecular weight excluding hydrogens is 419 g/mol. The van der Waals surface area contributed by atoms with Gasteiger partial charge in [-0.25, -0.2) is 4.39 Å². The van der Waals surface area contributed by atoms with Crippen LogP contribution in [0.4, 0.5) is 4.39 Å². The van der Waals surface area contributed by atoms with Crippen molar-refractivity contribution in [3.8, 4) is 5.75 Å². The van der Waals surface area contributed by atoms with E-state index >= 15 is 0 Å². The molecule has 2 heterocycles. The van der Waals surface area contributed by atoms with Gasteiger partial charge in [0.05, 0.1) is 19.2 Å². The highest BCUT2D eigenvalue weighted by Gasteiger charge is 2.43. The van der Waals surface area contributed by atoms with Crippen molar-refractivity contribution in [2.45, 2.75) is 19.5 Å². The molecule has 0 N–H and O–H groups in total. The number of carbonyl (C=O) groups is 2. The van der Waals surface area contributed by atoms with Crippen LogP contribution in [0.1, 0.15) is 22.3 Å². The van der Waals surface area contributed by atoms with E-state index in [1.165, 1.54) is 22.6 Å². The van der Waals surface area contributed by atoms with Gasteiger partial charge in [-0.2, -0.15) is 0 Å². The molecule has 2 aliphatic rings. The molecule has 0 aliphatic carbocycles. The van der Waals surface area contributed by atoms with Crippen molar-refractivity contribution in [2.24, 2.45) is 0 Å². The fraction of sp³-hybridized carbons (Fsp3) is 0.185. The van der Waals surface area contributed by atoms with Gasteiger partial charge in [0.2, 0.25) is 0 Å². The van der Waals surface area contributed by atoms with Gasteiger partial charge < -0.3 is 9.64 Å². The zero-order valence-corrected chi connectivity index (χ0v) is 18.3. The number of rotatable bonds is 5. The van der Waals surface area contributed by atoms with Gasteiger partial charge in [-0.3, -0.25) is 14.5 Å². The Balaban J connectivity index is 1.58. The van der Waals surface area contributed by atoms with Gasteiger partial charge in [0.15, 0.2) is 0 Å². The van der Waals surface area contributed by atoms with Crippen molar-refractivity contribution < 1.29 is 18.7 Å². The smallest absolute Gasteiger partial charge is 0.278 e. The Bertz CT molecular complexity index is 1270. The van der Waals surface area contributed by atoms with Gasteiger partial charge in [-0.05, 0) is 41.3 Å². The summed E-state index contributed by atoms with van der Waals surface area (Å²) in [5.41, 5.74) is 4.41. The molecule has 0 aromatic heterocycles. The number of imide groups is 1. The van der Waals surface area contributed by atoms with Crippen LogP contribution in [0.25, 0.3) is 5.57 Å². The molecule has 2 amide bonds. The number of para-hydroxylation sites is 1. The number of fused-ring (bicyclic) bond motifs is 1. The van der Waals surface area contributed by atoms with Gasteiger partial charge in [-0.15, -0.1) is 0 Å². The van der Waals surface area contributed by atoms with E-state index in [1.807, 2.05) is 29.2 Å². The molecule has 3 aromatic rings. The van der Waals surface area contributed by atoms with Crippen LogP contribution < -0.4 is 4.74 Å². The average Bonchev–Trinajstić information content (AvgIpc) is 3.09. The Morgan fingerprint density at radius 1 is 0.879 bits per heavy atom. The molecule has 33 heavy (non-hydrogen) atoms. The lowest BCUT2D eigenvalue weighted by molar-refractivity contribution is -0.138. The maximum Gasteiger partial charge on any atom is 0.278 e. The van der Waals surface area contributed by atoms with Gasteiger partial charge >= 0.3 is 0 Å². The third-order valence-corrected chi connectivity index (χ3v) is 6.22. The summed E-state index contributed by atoms with van der Waals surface area (Å²) in [7, 11) is 1.55. The first-order valence-electron chi connectivity index (χ1n) is 10.9. The molecule has 166 valence electrons. The molecule has 0 bridgehead atoms. The van der Waals surface area contributed by atoms with E-state index in [1.54, 1.807) is 31.4 Å². The second kappa shape index (κ2) is 8.54. The SMILES string of the molecule is COc1ccccc1C1=C(N2CCc3ccccc3C2)C(=O)N(Cc2ccc(F)cc2)C1=O. The average molecular weight is 442 g/mol. The standard InChI is InChI=1S/C27H23FN2O3/c1-33-23-9-5-4-8-22(23)24-25(29-15-14-19-6-2-3-7-20(19)17-29)27(32)30(26(24)31)16-18-10-12-21(28)13-11-18/h2-13H,14-17H2,1H3. The number of benzene rings is 3. The number of halogens is 1. The minimum atomic E-state index is -0.373. The first-order valence-corrected chi connectivity index (χ1v) is 10.9. The van der Waals surface area contributed by atoms with Crippen LogP contribution in [-0.4, -0.2) is 35.3 Å². The number of hydrogen-bond donors (Lipinski definition) is 0. The van der Waals surface area contributed by atoms with Gasteiger partial charge in [0, 0.05) is 18.7 Å². The molecule has 5 nitrogen and oxygen atoms in total. The van der Waals surface area contributed by atoms with E-state index in [0.717, 1.165) is 12.0 Å². The van der Waals surface area contributed by atoms with E-state index in [4.69, 9.17) is 4.74 Å². The largest absolute Gasteiger partial charge is 0.496 e. The third kappa shape index (κ3) is 3.78. The highest BCUT2D eigenvalue weighted by Crippen LogP contribution is 2.38. The molecule has 2 aliphatic heterocycles. The molecule has 6 heteroatoms. The second-order valence-corrected chi connectivity index (χ2v) is 8.19. The van der Waals surface area contributed by atoms with Crippen LogP contribution in [0.3, 0.4) is 0 Å². The lowest BCUT2D eigenvalue weighted by Gasteiger charge is -2.31. The van der Waals surface area contributed by atoms with E-state index in [2.05, 4.69) is 12.1 Å². The summed E-state index contributed by atoms with van der Waals surface area (Å²) < 4.78 is 18.9.